The summed E-state index contributed by atoms with van der Waals surface area (Å²) in [7, 11) is 1.35. The van der Waals surface area contributed by atoms with Crippen molar-refractivity contribution in [3.63, 3.8) is 0 Å². The van der Waals surface area contributed by atoms with Gasteiger partial charge in [-0.2, -0.15) is 0 Å². The summed E-state index contributed by atoms with van der Waals surface area (Å²) in [5.41, 5.74) is 5.89. The van der Waals surface area contributed by atoms with Crippen LogP contribution in [0.3, 0.4) is 0 Å². The number of anilines is 1. The van der Waals surface area contributed by atoms with Gasteiger partial charge in [-0.3, -0.25) is 9.59 Å². The second-order valence-corrected chi connectivity index (χ2v) is 3.58. The van der Waals surface area contributed by atoms with Crippen LogP contribution in [0.1, 0.15) is 10.4 Å². The lowest BCUT2D eigenvalue weighted by Gasteiger charge is -2.06. The molecule has 0 aliphatic heterocycles. The Kier molecular flexibility index (Phi) is 5.49. The summed E-state index contributed by atoms with van der Waals surface area (Å²) < 4.78 is 9.17. The van der Waals surface area contributed by atoms with Crippen LogP contribution < -0.4 is 11.1 Å². The van der Waals surface area contributed by atoms with Gasteiger partial charge in [0.05, 0.1) is 0 Å². The van der Waals surface area contributed by atoms with Gasteiger partial charge >= 0.3 is 5.97 Å². The van der Waals surface area contributed by atoms with Gasteiger partial charge in [0, 0.05) is 18.4 Å². The van der Waals surface area contributed by atoms with Gasteiger partial charge in [-0.1, -0.05) is 0 Å². The Hall–Kier alpha value is -2.41. The molecule has 0 aromatic heterocycles. The molecule has 0 fully saturated rings. The summed E-state index contributed by atoms with van der Waals surface area (Å²) in [5.74, 6) is -1.66. The zero-order valence-corrected chi connectivity index (χ0v) is 10.3. The Balaban J connectivity index is 2.44. The van der Waals surface area contributed by atoms with E-state index in [0.717, 1.165) is 0 Å². The standard InChI is InChI=1S/C12H14N2O5/c1-18-7-11(16)19-6-10(15)14-9-4-2-8(3-5-9)12(13)17/h2-5H,6-7H2,1H3,(H2,13,17)(H,14,15). The molecule has 1 rings (SSSR count). The van der Waals surface area contributed by atoms with Crippen LogP contribution in [-0.2, 0) is 19.1 Å². The minimum absolute atomic E-state index is 0.208. The van der Waals surface area contributed by atoms with Crippen molar-refractivity contribution >= 4 is 23.5 Å². The fourth-order valence-electron chi connectivity index (χ4n) is 1.22. The summed E-state index contributed by atoms with van der Waals surface area (Å²) in [6.45, 7) is -0.611. The molecule has 0 heterocycles. The van der Waals surface area contributed by atoms with Gasteiger partial charge in [0.15, 0.2) is 6.61 Å². The highest BCUT2D eigenvalue weighted by Crippen LogP contribution is 2.08. The molecule has 7 nitrogen and oxygen atoms in total. The third kappa shape index (κ3) is 5.17. The quantitative estimate of drug-likeness (QED) is 0.700. The fourth-order valence-corrected chi connectivity index (χ4v) is 1.22. The molecule has 0 saturated heterocycles. The molecule has 0 radical (unpaired) electrons. The highest BCUT2D eigenvalue weighted by atomic mass is 16.6. The molecular formula is C12H14N2O5. The Bertz CT molecular complexity index is 470. The van der Waals surface area contributed by atoms with Gasteiger partial charge in [0.2, 0.25) is 5.91 Å². The normalized spacial score (nSPS) is 9.74. The maximum atomic E-state index is 11.4. The second-order valence-electron chi connectivity index (χ2n) is 3.58. The van der Waals surface area contributed by atoms with Crippen molar-refractivity contribution in [2.75, 3.05) is 25.6 Å². The predicted molar refractivity (Wildman–Crippen MR) is 66.4 cm³/mol. The number of hydrogen-bond acceptors (Lipinski definition) is 5. The van der Waals surface area contributed by atoms with E-state index < -0.39 is 24.4 Å². The molecular weight excluding hydrogens is 252 g/mol. The van der Waals surface area contributed by atoms with Crippen LogP contribution >= 0.6 is 0 Å². The van der Waals surface area contributed by atoms with Crippen LogP contribution in [0, 0.1) is 0 Å². The SMILES string of the molecule is COCC(=O)OCC(=O)Nc1ccc(C(N)=O)cc1. The van der Waals surface area contributed by atoms with E-state index in [2.05, 4.69) is 14.8 Å². The van der Waals surface area contributed by atoms with Gasteiger partial charge in [0.1, 0.15) is 6.61 Å². The summed E-state index contributed by atoms with van der Waals surface area (Å²) in [5, 5.41) is 2.50. The number of carbonyl (C=O) groups is 3. The molecule has 102 valence electrons. The third-order valence-corrected chi connectivity index (χ3v) is 2.08. The minimum atomic E-state index is -0.623. The van der Waals surface area contributed by atoms with E-state index >= 15 is 0 Å². The van der Waals surface area contributed by atoms with Gasteiger partial charge in [0.25, 0.3) is 5.91 Å². The molecule has 0 atom stereocenters. The maximum absolute atomic E-state index is 11.4. The number of primary amides is 1. The fraction of sp³-hybridized carbons (Fsp3) is 0.250. The Morgan fingerprint density at radius 1 is 1.16 bits per heavy atom. The zero-order chi connectivity index (χ0) is 14.3. The number of amides is 2. The molecule has 7 heteroatoms. The highest BCUT2D eigenvalue weighted by Gasteiger charge is 2.07. The number of esters is 1. The molecule has 0 bridgehead atoms. The Morgan fingerprint density at radius 3 is 2.32 bits per heavy atom. The molecule has 2 amide bonds. The summed E-state index contributed by atoms with van der Waals surface area (Å²) in [4.78, 5) is 33.2. The average molecular weight is 266 g/mol. The molecule has 1 aromatic rings. The first kappa shape index (κ1) is 14.7. The monoisotopic (exact) mass is 266 g/mol. The van der Waals surface area contributed by atoms with Crippen LogP contribution in [0.25, 0.3) is 0 Å². The van der Waals surface area contributed by atoms with Gasteiger partial charge < -0.3 is 20.5 Å². The van der Waals surface area contributed by atoms with Crippen molar-refractivity contribution in [1.82, 2.24) is 0 Å². The summed E-state index contributed by atoms with van der Waals surface area (Å²) in [6.07, 6.45) is 0. The third-order valence-electron chi connectivity index (χ3n) is 2.08. The van der Waals surface area contributed by atoms with Crippen LogP contribution in [0.15, 0.2) is 24.3 Å². The largest absolute Gasteiger partial charge is 0.454 e. The first-order valence-corrected chi connectivity index (χ1v) is 5.37. The van der Waals surface area contributed by atoms with Crippen molar-refractivity contribution in [1.29, 1.82) is 0 Å². The van der Waals surface area contributed by atoms with E-state index in [0.29, 0.717) is 11.3 Å². The first-order chi connectivity index (χ1) is 9.02. The minimum Gasteiger partial charge on any atom is -0.454 e. The van der Waals surface area contributed by atoms with Crippen LogP contribution in [0.5, 0.6) is 0 Å². The van der Waals surface area contributed by atoms with E-state index in [1.165, 1.54) is 31.4 Å². The van der Waals surface area contributed by atoms with Gasteiger partial charge in [-0.05, 0) is 24.3 Å². The second kappa shape index (κ2) is 7.12. The predicted octanol–water partition coefficient (Wildman–Crippen LogP) is -0.0864. The Labute approximate surface area is 109 Å². The lowest BCUT2D eigenvalue weighted by Crippen LogP contribution is -2.22. The van der Waals surface area contributed by atoms with Gasteiger partial charge in [-0.25, -0.2) is 4.79 Å². The van der Waals surface area contributed by atoms with Crippen LogP contribution in [0.2, 0.25) is 0 Å². The van der Waals surface area contributed by atoms with Crippen molar-refractivity contribution in [3.8, 4) is 0 Å². The molecule has 0 aliphatic carbocycles. The summed E-state index contributed by atoms with van der Waals surface area (Å²) >= 11 is 0. The number of rotatable bonds is 6. The smallest absolute Gasteiger partial charge is 0.332 e. The van der Waals surface area contributed by atoms with E-state index in [4.69, 9.17) is 5.73 Å². The van der Waals surface area contributed by atoms with E-state index in [-0.39, 0.29) is 6.61 Å². The highest BCUT2D eigenvalue weighted by molar-refractivity contribution is 5.95. The number of ether oxygens (including phenoxy) is 2. The van der Waals surface area contributed by atoms with E-state index in [1.54, 1.807) is 0 Å². The van der Waals surface area contributed by atoms with E-state index in [9.17, 15) is 14.4 Å². The maximum Gasteiger partial charge on any atom is 0.332 e. The van der Waals surface area contributed by atoms with Crippen LogP contribution in [0.4, 0.5) is 5.69 Å². The summed E-state index contributed by atoms with van der Waals surface area (Å²) in [6, 6.07) is 6.01. The van der Waals surface area contributed by atoms with Crippen LogP contribution in [-0.4, -0.2) is 38.1 Å². The number of nitrogens with one attached hydrogen (secondary N) is 1. The molecule has 0 saturated carbocycles. The average Bonchev–Trinajstić information content (AvgIpc) is 2.37. The molecule has 3 N–H and O–H groups in total. The lowest BCUT2D eigenvalue weighted by atomic mass is 10.2. The Morgan fingerprint density at radius 2 is 1.79 bits per heavy atom. The first-order valence-electron chi connectivity index (χ1n) is 5.37. The number of methoxy groups -OCH3 is 1. The number of hydrogen-bond donors (Lipinski definition) is 2. The molecule has 19 heavy (non-hydrogen) atoms. The molecule has 0 unspecified atom stereocenters. The molecule has 0 spiro atoms. The lowest BCUT2D eigenvalue weighted by molar-refractivity contribution is -0.150. The van der Waals surface area contributed by atoms with E-state index in [1.807, 2.05) is 0 Å². The van der Waals surface area contributed by atoms with Crippen molar-refractivity contribution in [2.45, 2.75) is 0 Å². The molecule has 0 aliphatic rings. The number of benzene rings is 1. The zero-order valence-electron chi connectivity index (χ0n) is 10.3. The topological polar surface area (TPSA) is 108 Å². The van der Waals surface area contributed by atoms with Gasteiger partial charge in [-0.15, -0.1) is 0 Å². The van der Waals surface area contributed by atoms with Crippen molar-refractivity contribution in [2.24, 2.45) is 5.73 Å². The van der Waals surface area contributed by atoms with Crippen molar-refractivity contribution < 1.29 is 23.9 Å². The van der Waals surface area contributed by atoms with Crippen molar-refractivity contribution in [3.05, 3.63) is 29.8 Å². The number of carbonyl (C=O) groups excluding carboxylic acids is 3. The number of nitrogens with two attached hydrogens (primary N) is 1. The molecule has 1 aromatic carbocycles.